The first-order valence-corrected chi connectivity index (χ1v) is 7.03. The van der Waals surface area contributed by atoms with E-state index in [1.165, 1.54) is 25.3 Å². The summed E-state index contributed by atoms with van der Waals surface area (Å²) in [5, 5.41) is 0.909. The van der Waals surface area contributed by atoms with Gasteiger partial charge in [-0.25, -0.2) is 14.2 Å². The molecule has 1 fully saturated rings. The molecule has 2 rings (SSSR count). The predicted molar refractivity (Wildman–Crippen MR) is 78.3 cm³/mol. The number of nitrogens with zero attached hydrogens (tertiary/aromatic N) is 1. The molecule has 0 N–H and O–H groups in total. The predicted octanol–water partition coefficient (Wildman–Crippen LogP) is 2.56. The SMILES string of the molecule is CON(Cc1ccc(F)c(Cl)c1)C(=O)/C=C1\OC(C)(C)OC1=O. The number of benzene rings is 1. The standard InChI is InChI=1S/C15H15ClFNO5/c1-15(2)22-12(14(20)23-15)7-13(19)18(21-3)8-9-4-5-11(17)10(16)6-9/h4-7H,8H2,1-3H3/b12-7-. The Morgan fingerprint density at radius 1 is 1.43 bits per heavy atom. The summed E-state index contributed by atoms with van der Waals surface area (Å²) in [6.45, 7) is 3.10. The lowest BCUT2D eigenvalue weighted by molar-refractivity contribution is -0.173. The molecule has 0 spiro atoms. The molecule has 0 radical (unpaired) electrons. The number of amides is 1. The first-order valence-electron chi connectivity index (χ1n) is 6.65. The average Bonchev–Trinajstić information content (AvgIpc) is 2.72. The van der Waals surface area contributed by atoms with E-state index in [1.807, 2.05) is 0 Å². The summed E-state index contributed by atoms with van der Waals surface area (Å²) in [7, 11) is 1.29. The fourth-order valence-electron chi connectivity index (χ4n) is 1.91. The Morgan fingerprint density at radius 2 is 2.13 bits per heavy atom. The molecule has 0 saturated carbocycles. The number of hydroxylamine groups is 2. The summed E-state index contributed by atoms with van der Waals surface area (Å²) in [6.07, 6.45) is 0.978. The highest BCUT2D eigenvalue weighted by Crippen LogP contribution is 2.26. The molecule has 8 heteroatoms. The Labute approximate surface area is 137 Å². The van der Waals surface area contributed by atoms with Gasteiger partial charge in [0, 0.05) is 13.8 Å². The van der Waals surface area contributed by atoms with Crippen molar-refractivity contribution in [2.24, 2.45) is 0 Å². The van der Waals surface area contributed by atoms with E-state index in [-0.39, 0.29) is 17.3 Å². The topological polar surface area (TPSA) is 65.1 Å². The zero-order valence-corrected chi connectivity index (χ0v) is 13.5. The smallest absolute Gasteiger partial charge is 0.377 e. The molecule has 1 amide bonds. The van der Waals surface area contributed by atoms with Gasteiger partial charge in [-0.1, -0.05) is 17.7 Å². The van der Waals surface area contributed by atoms with Crippen LogP contribution in [-0.4, -0.2) is 29.8 Å². The summed E-state index contributed by atoms with van der Waals surface area (Å²) in [5.74, 6) is -3.25. The number of hydrogen-bond acceptors (Lipinski definition) is 5. The van der Waals surface area contributed by atoms with Gasteiger partial charge in [0.15, 0.2) is 0 Å². The number of carbonyl (C=O) groups excluding carboxylic acids is 2. The highest BCUT2D eigenvalue weighted by molar-refractivity contribution is 6.30. The Bertz CT molecular complexity index is 674. The van der Waals surface area contributed by atoms with Crippen molar-refractivity contribution in [1.29, 1.82) is 0 Å². The van der Waals surface area contributed by atoms with Crippen molar-refractivity contribution >= 4 is 23.5 Å². The maximum absolute atomic E-state index is 13.1. The van der Waals surface area contributed by atoms with Gasteiger partial charge in [-0.05, 0) is 17.7 Å². The molecule has 124 valence electrons. The van der Waals surface area contributed by atoms with Gasteiger partial charge in [0.05, 0.1) is 24.8 Å². The van der Waals surface area contributed by atoms with Crippen molar-refractivity contribution in [3.8, 4) is 0 Å². The van der Waals surface area contributed by atoms with Gasteiger partial charge in [-0.2, -0.15) is 0 Å². The molecule has 1 heterocycles. The van der Waals surface area contributed by atoms with Crippen LogP contribution in [0.2, 0.25) is 5.02 Å². The minimum absolute atomic E-state index is 0.0115. The Balaban J connectivity index is 2.13. The van der Waals surface area contributed by atoms with Crippen LogP contribution in [0, 0.1) is 5.82 Å². The van der Waals surface area contributed by atoms with Crippen LogP contribution < -0.4 is 0 Å². The second-order valence-corrected chi connectivity index (χ2v) is 5.61. The minimum atomic E-state index is -1.12. The lowest BCUT2D eigenvalue weighted by atomic mass is 10.2. The van der Waals surface area contributed by atoms with Crippen molar-refractivity contribution < 1.29 is 28.3 Å². The van der Waals surface area contributed by atoms with E-state index in [0.29, 0.717) is 5.56 Å². The molecular weight excluding hydrogens is 329 g/mol. The number of rotatable bonds is 4. The van der Waals surface area contributed by atoms with Gasteiger partial charge in [-0.3, -0.25) is 9.63 Å². The van der Waals surface area contributed by atoms with Crippen LogP contribution in [0.1, 0.15) is 19.4 Å². The quantitative estimate of drug-likeness (QED) is 0.477. The van der Waals surface area contributed by atoms with Crippen LogP contribution in [0.4, 0.5) is 4.39 Å². The van der Waals surface area contributed by atoms with Crippen LogP contribution in [0.15, 0.2) is 30.0 Å². The summed E-state index contributed by atoms with van der Waals surface area (Å²) in [4.78, 5) is 28.7. The van der Waals surface area contributed by atoms with Crippen molar-refractivity contribution in [1.82, 2.24) is 5.06 Å². The van der Waals surface area contributed by atoms with Gasteiger partial charge in [0.1, 0.15) is 5.82 Å². The largest absolute Gasteiger partial charge is 0.445 e. The van der Waals surface area contributed by atoms with Crippen molar-refractivity contribution in [2.75, 3.05) is 7.11 Å². The number of esters is 1. The highest BCUT2D eigenvalue weighted by atomic mass is 35.5. The van der Waals surface area contributed by atoms with Crippen molar-refractivity contribution in [2.45, 2.75) is 26.2 Å². The van der Waals surface area contributed by atoms with Gasteiger partial charge in [-0.15, -0.1) is 0 Å². The monoisotopic (exact) mass is 343 g/mol. The number of halogens is 2. The maximum atomic E-state index is 13.1. The zero-order chi connectivity index (χ0) is 17.2. The number of cyclic esters (lactones) is 1. The summed E-state index contributed by atoms with van der Waals surface area (Å²) in [5.41, 5.74) is 0.556. The van der Waals surface area contributed by atoms with E-state index in [1.54, 1.807) is 13.8 Å². The van der Waals surface area contributed by atoms with E-state index in [2.05, 4.69) is 0 Å². The Morgan fingerprint density at radius 3 is 2.65 bits per heavy atom. The van der Waals surface area contributed by atoms with E-state index in [4.69, 9.17) is 25.9 Å². The third kappa shape index (κ3) is 4.20. The molecule has 0 unspecified atom stereocenters. The van der Waals surface area contributed by atoms with Crippen molar-refractivity contribution in [3.05, 3.63) is 46.4 Å². The third-order valence-electron chi connectivity index (χ3n) is 2.93. The highest BCUT2D eigenvalue weighted by Gasteiger charge is 2.38. The molecule has 1 aromatic rings. The van der Waals surface area contributed by atoms with Crippen LogP contribution in [0.5, 0.6) is 0 Å². The van der Waals surface area contributed by atoms with Crippen LogP contribution in [-0.2, 0) is 30.4 Å². The second-order valence-electron chi connectivity index (χ2n) is 5.21. The van der Waals surface area contributed by atoms with Gasteiger partial charge >= 0.3 is 5.97 Å². The Kier molecular flexibility index (Phi) is 4.91. The van der Waals surface area contributed by atoms with Gasteiger partial charge in [0.25, 0.3) is 5.91 Å². The zero-order valence-electron chi connectivity index (χ0n) is 12.8. The molecule has 1 aliphatic heterocycles. The van der Waals surface area contributed by atoms with Crippen LogP contribution in [0.3, 0.4) is 0 Å². The van der Waals surface area contributed by atoms with E-state index in [0.717, 1.165) is 11.1 Å². The molecule has 23 heavy (non-hydrogen) atoms. The third-order valence-corrected chi connectivity index (χ3v) is 3.22. The first-order chi connectivity index (χ1) is 10.7. The normalized spacial score (nSPS) is 17.8. The lowest BCUT2D eigenvalue weighted by Gasteiger charge is -2.18. The minimum Gasteiger partial charge on any atom is -0.445 e. The molecule has 6 nitrogen and oxygen atoms in total. The molecule has 0 atom stereocenters. The molecule has 0 aliphatic carbocycles. The summed E-state index contributed by atoms with van der Waals surface area (Å²) >= 11 is 5.70. The molecule has 0 aromatic heterocycles. The summed E-state index contributed by atoms with van der Waals surface area (Å²) in [6, 6.07) is 4.04. The molecule has 0 bridgehead atoms. The van der Waals surface area contributed by atoms with E-state index < -0.39 is 23.5 Å². The average molecular weight is 344 g/mol. The summed E-state index contributed by atoms with van der Waals surface area (Å²) < 4.78 is 23.3. The van der Waals surface area contributed by atoms with E-state index in [9.17, 15) is 14.0 Å². The fraction of sp³-hybridized carbons (Fsp3) is 0.333. The Hall–Kier alpha value is -2.12. The van der Waals surface area contributed by atoms with Crippen LogP contribution in [0.25, 0.3) is 0 Å². The second kappa shape index (κ2) is 6.55. The number of carbonyl (C=O) groups is 2. The van der Waals surface area contributed by atoms with Gasteiger partial charge < -0.3 is 9.47 Å². The molecule has 1 aromatic carbocycles. The first kappa shape index (κ1) is 17.2. The maximum Gasteiger partial charge on any atom is 0.377 e. The number of hydrogen-bond donors (Lipinski definition) is 0. The number of ether oxygens (including phenoxy) is 2. The molecule has 1 saturated heterocycles. The molecule has 1 aliphatic rings. The fourth-order valence-corrected chi connectivity index (χ4v) is 2.11. The van der Waals surface area contributed by atoms with Crippen molar-refractivity contribution in [3.63, 3.8) is 0 Å². The van der Waals surface area contributed by atoms with Crippen LogP contribution >= 0.6 is 11.6 Å². The van der Waals surface area contributed by atoms with Gasteiger partial charge in [0.2, 0.25) is 11.5 Å². The molecular formula is C15H15ClFNO5. The van der Waals surface area contributed by atoms with E-state index >= 15 is 0 Å². The lowest BCUT2D eigenvalue weighted by Crippen LogP contribution is -2.28.